The summed E-state index contributed by atoms with van der Waals surface area (Å²) in [5.74, 6) is 1.03. The van der Waals surface area contributed by atoms with Crippen molar-refractivity contribution >= 4 is 8.25 Å². The molecule has 0 aromatic carbocycles. The molecule has 0 radical (unpaired) electrons. The first kappa shape index (κ1) is 24.6. The molecule has 21 heavy (non-hydrogen) atoms. The topological polar surface area (TPSA) is 35.5 Å². The number of hydrogen-bond donors (Lipinski definition) is 0. The van der Waals surface area contributed by atoms with E-state index in [1.165, 1.54) is 25.7 Å². The normalized spacial score (nSPS) is 14.4. The van der Waals surface area contributed by atoms with Crippen LogP contribution < -0.4 is 0 Å². The quantitative estimate of drug-likeness (QED) is 0.300. The molecule has 0 heterocycles. The summed E-state index contributed by atoms with van der Waals surface area (Å²) in [5.41, 5.74) is 0. The van der Waals surface area contributed by atoms with E-state index in [0.717, 1.165) is 25.7 Å². The van der Waals surface area contributed by atoms with Gasteiger partial charge in [0.15, 0.2) is 0 Å². The smallest absolute Gasteiger partial charge is 0.119 e. The number of rotatable bonds is 14. The van der Waals surface area contributed by atoms with E-state index in [1.54, 1.807) is 0 Å². The standard InChI is InChI=1S/C16H34O3P.Nd/c1-5-9-11-15(7-3)13-18-20(17)19-14-16(8-4)12-10-6-2;/h15-16H,5-14H2,1-4H3;/q+1;. The first-order chi connectivity index (χ1) is 9.67. The summed E-state index contributed by atoms with van der Waals surface area (Å²) >= 11 is 0. The predicted molar refractivity (Wildman–Crippen MR) is 86.1 cm³/mol. The summed E-state index contributed by atoms with van der Waals surface area (Å²) in [6.07, 6.45) is 9.31. The Morgan fingerprint density at radius 1 is 0.810 bits per heavy atom. The minimum atomic E-state index is -1.94. The molecule has 0 aliphatic carbocycles. The fraction of sp³-hybridized carbons (Fsp3) is 1.00. The van der Waals surface area contributed by atoms with Crippen molar-refractivity contribution in [3.05, 3.63) is 0 Å². The van der Waals surface area contributed by atoms with Gasteiger partial charge in [-0.2, -0.15) is 0 Å². The average Bonchev–Trinajstić information content (AvgIpc) is 2.47. The molecule has 0 amide bonds. The molecule has 0 aromatic rings. The molecule has 0 saturated heterocycles. The average molecular weight is 450 g/mol. The number of hydrogen-bond acceptors (Lipinski definition) is 3. The van der Waals surface area contributed by atoms with Crippen molar-refractivity contribution in [1.29, 1.82) is 0 Å². The van der Waals surface area contributed by atoms with Gasteiger partial charge in [-0.05, 0) is 24.7 Å². The fourth-order valence-electron chi connectivity index (χ4n) is 2.17. The molecule has 0 aliphatic heterocycles. The Morgan fingerprint density at radius 3 is 1.48 bits per heavy atom. The molecule has 2 unspecified atom stereocenters. The third-order valence-electron chi connectivity index (χ3n) is 3.92. The third kappa shape index (κ3) is 14.7. The second-order valence-electron chi connectivity index (χ2n) is 5.65. The monoisotopic (exact) mass is 447 g/mol. The van der Waals surface area contributed by atoms with Gasteiger partial charge in [-0.15, -0.1) is 9.05 Å². The van der Waals surface area contributed by atoms with Crippen molar-refractivity contribution < 1.29 is 54.5 Å². The van der Waals surface area contributed by atoms with Crippen LogP contribution in [-0.2, 0) is 13.6 Å². The van der Waals surface area contributed by atoms with Crippen molar-refractivity contribution in [3.63, 3.8) is 0 Å². The van der Waals surface area contributed by atoms with Gasteiger partial charge in [0.25, 0.3) is 0 Å². The molecule has 0 spiro atoms. The molecule has 0 rings (SSSR count). The van der Waals surface area contributed by atoms with Gasteiger partial charge < -0.3 is 0 Å². The van der Waals surface area contributed by atoms with Crippen LogP contribution in [0.1, 0.15) is 79.1 Å². The molecule has 0 fully saturated rings. The fourth-order valence-corrected chi connectivity index (χ4v) is 2.91. The third-order valence-corrected chi connectivity index (χ3v) is 4.64. The van der Waals surface area contributed by atoms with Crippen molar-refractivity contribution in [1.82, 2.24) is 0 Å². The Kier molecular flexibility index (Phi) is 20.8. The number of unbranched alkanes of at least 4 members (excludes halogenated alkanes) is 2. The van der Waals surface area contributed by atoms with Crippen molar-refractivity contribution in [2.24, 2.45) is 11.8 Å². The molecule has 0 bridgehead atoms. The Morgan fingerprint density at radius 2 is 1.19 bits per heavy atom. The Labute approximate surface area is 165 Å². The molecule has 124 valence electrons. The molecule has 0 saturated carbocycles. The molecule has 2 atom stereocenters. The van der Waals surface area contributed by atoms with Gasteiger partial charge in [0.05, 0.1) is 0 Å². The van der Waals surface area contributed by atoms with E-state index < -0.39 is 8.25 Å². The van der Waals surface area contributed by atoms with Gasteiger partial charge in [0.1, 0.15) is 13.2 Å². The summed E-state index contributed by atoms with van der Waals surface area (Å²) in [6, 6.07) is 0. The molecule has 0 aromatic heterocycles. The van der Waals surface area contributed by atoms with Crippen LogP contribution in [0.5, 0.6) is 0 Å². The molecular weight excluding hydrogens is 415 g/mol. The van der Waals surface area contributed by atoms with Crippen molar-refractivity contribution in [3.8, 4) is 0 Å². The summed E-state index contributed by atoms with van der Waals surface area (Å²) < 4.78 is 22.5. The van der Waals surface area contributed by atoms with Crippen LogP contribution in [0.4, 0.5) is 0 Å². The van der Waals surface area contributed by atoms with E-state index >= 15 is 0 Å². The van der Waals surface area contributed by atoms with Crippen LogP contribution in [0, 0.1) is 52.7 Å². The maximum Gasteiger partial charge on any atom is 0.697 e. The first-order valence-corrected chi connectivity index (χ1v) is 9.50. The molecule has 0 aliphatic rings. The van der Waals surface area contributed by atoms with Crippen LogP contribution >= 0.6 is 8.25 Å². The molecule has 3 nitrogen and oxygen atoms in total. The first-order valence-electron chi connectivity index (χ1n) is 8.40. The van der Waals surface area contributed by atoms with Gasteiger partial charge >= 0.3 is 8.25 Å². The summed E-state index contributed by atoms with van der Waals surface area (Å²) in [5, 5.41) is 0. The largest absolute Gasteiger partial charge is 0.697 e. The molecule has 5 heteroatoms. The molecular formula is C16H34NdO3P+. The predicted octanol–water partition coefficient (Wildman–Crippen LogP) is 6.11. The van der Waals surface area contributed by atoms with Crippen LogP contribution in [-0.4, -0.2) is 13.2 Å². The Bertz CT molecular complexity index is 218. The SMILES string of the molecule is CCCCC(CC)CO[P+](=O)OCC(CC)CCCC.[Nd]. The van der Waals surface area contributed by atoms with Gasteiger partial charge in [0, 0.05) is 45.4 Å². The van der Waals surface area contributed by atoms with E-state index in [-0.39, 0.29) is 40.8 Å². The van der Waals surface area contributed by atoms with E-state index in [2.05, 4.69) is 27.7 Å². The van der Waals surface area contributed by atoms with E-state index in [4.69, 9.17) is 9.05 Å². The van der Waals surface area contributed by atoms with Crippen molar-refractivity contribution in [2.75, 3.05) is 13.2 Å². The maximum atomic E-state index is 11.7. The zero-order valence-electron chi connectivity index (χ0n) is 14.4. The van der Waals surface area contributed by atoms with E-state index in [0.29, 0.717) is 25.0 Å². The second kappa shape index (κ2) is 17.7. The Hall–Kier alpha value is 1.37. The maximum absolute atomic E-state index is 11.7. The zero-order valence-corrected chi connectivity index (χ0v) is 18.5. The van der Waals surface area contributed by atoms with Crippen LogP contribution in [0.3, 0.4) is 0 Å². The van der Waals surface area contributed by atoms with Crippen LogP contribution in [0.15, 0.2) is 0 Å². The van der Waals surface area contributed by atoms with Gasteiger partial charge in [-0.1, -0.05) is 66.2 Å². The van der Waals surface area contributed by atoms with Crippen LogP contribution in [0.25, 0.3) is 0 Å². The van der Waals surface area contributed by atoms with Crippen LogP contribution in [0.2, 0.25) is 0 Å². The van der Waals surface area contributed by atoms with Gasteiger partial charge in [0.2, 0.25) is 0 Å². The van der Waals surface area contributed by atoms with Gasteiger partial charge in [-0.25, -0.2) is 0 Å². The minimum absolute atomic E-state index is 0. The summed E-state index contributed by atoms with van der Waals surface area (Å²) in [4.78, 5) is 0. The molecule has 0 N–H and O–H groups in total. The zero-order chi connectivity index (χ0) is 15.2. The Balaban J connectivity index is 0. The van der Waals surface area contributed by atoms with E-state index in [9.17, 15) is 4.57 Å². The summed E-state index contributed by atoms with van der Waals surface area (Å²) in [6.45, 7) is 9.84. The second-order valence-corrected chi connectivity index (χ2v) is 6.61. The van der Waals surface area contributed by atoms with Crippen molar-refractivity contribution in [2.45, 2.75) is 79.1 Å². The summed E-state index contributed by atoms with van der Waals surface area (Å²) in [7, 11) is -1.94. The van der Waals surface area contributed by atoms with E-state index in [1.807, 2.05) is 0 Å². The van der Waals surface area contributed by atoms with Gasteiger partial charge in [-0.3, -0.25) is 0 Å². The minimum Gasteiger partial charge on any atom is -0.119 e.